The Bertz CT molecular complexity index is 419. The maximum Gasteiger partial charge on any atom is 0.206 e. The van der Waals surface area contributed by atoms with Gasteiger partial charge in [-0.1, -0.05) is 101 Å². The second-order valence-electron chi connectivity index (χ2n) is 6.15. The summed E-state index contributed by atoms with van der Waals surface area (Å²) in [5.41, 5.74) is -0.267. The molecule has 0 aromatic heterocycles. The molecule has 1 aromatic carbocycles. The van der Waals surface area contributed by atoms with Gasteiger partial charge in [0.15, 0.2) is 5.56 Å². The summed E-state index contributed by atoms with van der Waals surface area (Å²) in [5.74, 6) is -0.142. The monoisotopic (exact) mass is 338 g/mol. The minimum absolute atomic E-state index is 0.0846. The second-order valence-corrected chi connectivity index (χ2v) is 6.55. The fourth-order valence-electron chi connectivity index (χ4n) is 2.72. The number of Topliss-reactive ketones (excluding diaryl/α,β-unsaturated/α-hetero) is 1. The van der Waals surface area contributed by atoms with Crippen molar-refractivity contribution in [1.29, 1.82) is 0 Å². The Labute approximate surface area is 146 Å². The van der Waals surface area contributed by atoms with Crippen molar-refractivity contribution in [3.63, 3.8) is 0 Å². The molecule has 1 rings (SSSR count). The first-order chi connectivity index (χ1) is 11.2. The number of benzene rings is 1. The van der Waals surface area contributed by atoms with Crippen molar-refractivity contribution in [2.75, 3.05) is 0 Å². The molecular formula is C20H31ClO2. The highest BCUT2D eigenvalue weighted by Crippen LogP contribution is 2.19. The number of rotatable bonds is 13. The Kier molecular flexibility index (Phi) is 11.0. The molecule has 0 spiro atoms. The van der Waals surface area contributed by atoms with Crippen LogP contribution in [0.25, 0.3) is 0 Å². The summed E-state index contributed by atoms with van der Waals surface area (Å²) in [6.07, 6.45) is 10.7. The molecule has 0 saturated carbocycles. The highest BCUT2D eigenvalue weighted by Gasteiger charge is 2.21. The first kappa shape index (κ1) is 20.2. The number of carbonyl (C=O) groups excluding carboxylic acids is 1. The van der Waals surface area contributed by atoms with Crippen LogP contribution in [0.3, 0.4) is 0 Å². The van der Waals surface area contributed by atoms with Crippen LogP contribution in [0.4, 0.5) is 0 Å². The summed E-state index contributed by atoms with van der Waals surface area (Å²) in [7, 11) is 0. The van der Waals surface area contributed by atoms with Crippen molar-refractivity contribution < 1.29 is 9.53 Å². The molecule has 0 aliphatic heterocycles. The van der Waals surface area contributed by atoms with E-state index in [1.54, 1.807) is 12.1 Å². The van der Waals surface area contributed by atoms with Crippen molar-refractivity contribution in [2.45, 2.75) is 83.3 Å². The third-order valence-electron chi connectivity index (χ3n) is 4.07. The average molecular weight is 339 g/mol. The zero-order chi connectivity index (χ0) is 16.9. The van der Waals surface area contributed by atoms with E-state index in [1.807, 2.05) is 18.2 Å². The third-order valence-corrected chi connectivity index (χ3v) is 4.37. The Balaban J connectivity index is 2.37. The second kappa shape index (κ2) is 12.5. The first-order valence-electron chi connectivity index (χ1n) is 9.07. The van der Waals surface area contributed by atoms with Crippen LogP contribution in [0, 0.1) is 0 Å². The molecule has 1 aromatic rings. The number of unbranched alkanes of at least 4 members (excludes halogenated alkanes) is 5. The van der Waals surface area contributed by atoms with Crippen molar-refractivity contribution in [3.8, 4) is 0 Å². The van der Waals surface area contributed by atoms with E-state index in [-0.39, 0.29) is 11.9 Å². The number of ether oxygens (including phenoxy) is 1. The van der Waals surface area contributed by atoms with Gasteiger partial charge >= 0.3 is 0 Å². The van der Waals surface area contributed by atoms with Gasteiger partial charge in [0.1, 0.15) is 0 Å². The summed E-state index contributed by atoms with van der Waals surface area (Å²) < 4.78 is 5.85. The van der Waals surface area contributed by atoms with Gasteiger partial charge in [-0.2, -0.15) is 0 Å². The topological polar surface area (TPSA) is 26.3 Å². The van der Waals surface area contributed by atoms with Gasteiger partial charge in [-0.15, -0.1) is 0 Å². The summed E-state index contributed by atoms with van der Waals surface area (Å²) in [6, 6.07) is 9.14. The lowest BCUT2D eigenvalue weighted by atomic mass is 10.0. The molecule has 0 aliphatic carbocycles. The van der Waals surface area contributed by atoms with Crippen molar-refractivity contribution in [1.82, 2.24) is 0 Å². The molecule has 23 heavy (non-hydrogen) atoms. The molecule has 0 heterocycles. The van der Waals surface area contributed by atoms with Crippen LogP contribution in [0.5, 0.6) is 0 Å². The Morgan fingerprint density at radius 1 is 0.957 bits per heavy atom. The number of hydrogen-bond donors (Lipinski definition) is 0. The quantitative estimate of drug-likeness (QED) is 0.237. The van der Waals surface area contributed by atoms with Gasteiger partial charge < -0.3 is 4.74 Å². The van der Waals surface area contributed by atoms with Crippen LogP contribution in [0.2, 0.25) is 0 Å². The van der Waals surface area contributed by atoms with E-state index in [2.05, 4.69) is 13.8 Å². The van der Waals surface area contributed by atoms with Gasteiger partial charge in [-0.25, -0.2) is 0 Å². The van der Waals surface area contributed by atoms with Crippen LogP contribution in [0.1, 0.15) is 82.0 Å². The predicted octanol–water partition coefficient (Wildman–Crippen LogP) is 6.37. The lowest BCUT2D eigenvalue weighted by Crippen LogP contribution is -2.25. The maximum atomic E-state index is 12.3. The van der Waals surface area contributed by atoms with Gasteiger partial charge in [-0.3, -0.25) is 4.79 Å². The van der Waals surface area contributed by atoms with E-state index < -0.39 is 5.56 Å². The summed E-state index contributed by atoms with van der Waals surface area (Å²) >= 11 is 6.21. The standard InChI is InChI=1S/C20H31ClO2/c1-3-5-6-7-8-12-16-18(13-4-2)23-20(21)19(22)17-14-10-9-11-15-17/h9-11,14-15,18,20H,3-8,12-13,16H2,1-2H3. The summed E-state index contributed by atoms with van der Waals surface area (Å²) in [6.45, 7) is 4.37. The molecule has 0 N–H and O–H groups in total. The number of hydrogen-bond acceptors (Lipinski definition) is 2. The fraction of sp³-hybridized carbons (Fsp3) is 0.650. The van der Waals surface area contributed by atoms with Gasteiger partial charge in [0, 0.05) is 5.56 Å². The molecule has 2 atom stereocenters. The zero-order valence-corrected chi connectivity index (χ0v) is 15.4. The Morgan fingerprint density at radius 2 is 1.61 bits per heavy atom. The molecular weight excluding hydrogens is 308 g/mol. The van der Waals surface area contributed by atoms with Gasteiger partial charge in [0.25, 0.3) is 0 Å². The fourth-order valence-corrected chi connectivity index (χ4v) is 2.99. The molecule has 0 fully saturated rings. The van der Waals surface area contributed by atoms with E-state index in [4.69, 9.17) is 16.3 Å². The highest BCUT2D eigenvalue weighted by molar-refractivity contribution is 6.32. The van der Waals surface area contributed by atoms with E-state index in [0.717, 1.165) is 25.7 Å². The lowest BCUT2D eigenvalue weighted by Gasteiger charge is -2.20. The third kappa shape index (κ3) is 8.53. The van der Waals surface area contributed by atoms with Crippen molar-refractivity contribution in [3.05, 3.63) is 35.9 Å². The molecule has 0 bridgehead atoms. The zero-order valence-electron chi connectivity index (χ0n) is 14.6. The van der Waals surface area contributed by atoms with Gasteiger partial charge in [0.2, 0.25) is 5.78 Å². The van der Waals surface area contributed by atoms with E-state index in [0.29, 0.717) is 5.56 Å². The number of halogens is 1. The molecule has 2 unspecified atom stereocenters. The van der Waals surface area contributed by atoms with Crippen LogP contribution in [-0.4, -0.2) is 17.5 Å². The van der Waals surface area contributed by atoms with Crippen LogP contribution in [-0.2, 0) is 4.74 Å². The van der Waals surface area contributed by atoms with Crippen molar-refractivity contribution in [2.24, 2.45) is 0 Å². The molecule has 0 saturated heterocycles. The van der Waals surface area contributed by atoms with Gasteiger partial charge in [0.05, 0.1) is 6.10 Å². The SMILES string of the molecule is CCCCCCCCC(CCC)OC(Cl)C(=O)c1ccccc1. The molecule has 0 aliphatic rings. The molecule has 3 heteroatoms. The minimum Gasteiger partial charge on any atom is -0.351 e. The molecule has 2 nitrogen and oxygen atoms in total. The van der Waals surface area contributed by atoms with E-state index >= 15 is 0 Å². The predicted molar refractivity (Wildman–Crippen MR) is 98.2 cm³/mol. The molecule has 0 amide bonds. The summed E-state index contributed by atoms with van der Waals surface area (Å²) in [4.78, 5) is 12.3. The van der Waals surface area contributed by atoms with E-state index in [1.165, 1.54) is 32.1 Å². The number of alkyl halides is 1. The smallest absolute Gasteiger partial charge is 0.206 e. The van der Waals surface area contributed by atoms with Crippen LogP contribution in [0.15, 0.2) is 30.3 Å². The number of carbonyl (C=O) groups is 1. The molecule has 0 radical (unpaired) electrons. The van der Waals surface area contributed by atoms with Crippen LogP contribution >= 0.6 is 11.6 Å². The normalized spacial score (nSPS) is 13.7. The lowest BCUT2D eigenvalue weighted by molar-refractivity contribution is 0.0198. The van der Waals surface area contributed by atoms with E-state index in [9.17, 15) is 4.79 Å². The minimum atomic E-state index is -0.881. The summed E-state index contributed by atoms with van der Waals surface area (Å²) in [5, 5.41) is 0. The van der Waals surface area contributed by atoms with Crippen LogP contribution < -0.4 is 0 Å². The number of ketones is 1. The Morgan fingerprint density at radius 3 is 2.26 bits per heavy atom. The average Bonchev–Trinajstić information content (AvgIpc) is 2.58. The Hall–Kier alpha value is -0.860. The largest absolute Gasteiger partial charge is 0.351 e. The first-order valence-corrected chi connectivity index (χ1v) is 9.51. The maximum absolute atomic E-state index is 12.3. The highest BCUT2D eigenvalue weighted by atomic mass is 35.5. The molecule has 130 valence electrons. The van der Waals surface area contributed by atoms with Crippen molar-refractivity contribution >= 4 is 17.4 Å². The van der Waals surface area contributed by atoms with Gasteiger partial charge in [-0.05, 0) is 12.8 Å².